The predicted molar refractivity (Wildman–Crippen MR) is 75.3 cm³/mol. The van der Waals surface area contributed by atoms with Crippen molar-refractivity contribution in [2.24, 2.45) is 0 Å². The molecule has 0 saturated carbocycles. The van der Waals surface area contributed by atoms with E-state index in [-0.39, 0.29) is 13.2 Å². The van der Waals surface area contributed by atoms with Gasteiger partial charge < -0.3 is 28.8 Å². The summed E-state index contributed by atoms with van der Waals surface area (Å²) in [5, 5.41) is 9.23. The summed E-state index contributed by atoms with van der Waals surface area (Å²) in [4.78, 5) is 4.09. The number of aromatic nitrogens is 1. The van der Waals surface area contributed by atoms with Crippen LogP contribution in [0.2, 0.25) is 0 Å². The molecule has 1 aromatic rings. The fourth-order valence-electron chi connectivity index (χ4n) is 2.44. The topological polar surface area (TPSA) is 79.3 Å². The summed E-state index contributed by atoms with van der Waals surface area (Å²) < 4.78 is 28.4. The van der Waals surface area contributed by atoms with Crippen molar-refractivity contribution < 1.29 is 28.8 Å². The highest BCUT2D eigenvalue weighted by Crippen LogP contribution is 2.31. The number of nitrogens with zero attached hydrogens (tertiary/aromatic N) is 1. The van der Waals surface area contributed by atoms with E-state index in [0.717, 1.165) is 5.56 Å². The van der Waals surface area contributed by atoms with Gasteiger partial charge in [-0.1, -0.05) is 0 Å². The standard InChI is InChI=1S/C15H21NO6/c1-11-12(7-17)16-4-3-13(11)18-8-14(2)21-9-15(10-22-14)19-5-6-20-15/h3-4,17H,5-10H2,1-2H3. The molecule has 122 valence electrons. The van der Waals surface area contributed by atoms with E-state index >= 15 is 0 Å². The number of hydrogen-bond donors (Lipinski definition) is 1. The molecule has 0 atom stereocenters. The third-order valence-electron chi connectivity index (χ3n) is 3.91. The van der Waals surface area contributed by atoms with Crippen LogP contribution in [0.3, 0.4) is 0 Å². The first-order chi connectivity index (χ1) is 10.6. The average molecular weight is 311 g/mol. The van der Waals surface area contributed by atoms with E-state index in [1.54, 1.807) is 12.3 Å². The van der Waals surface area contributed by atoms with Crippen LogP contribution in [0.1, 0.15) is 18.2 Å². The van der Waals surface area contributed by atoms with Gasteiger partial charge in [-0.3, -0.25) is 4.98 Å². The van der Waals surface area contributed by atoms with E-state index in [2.05, 4.69) is 4.98 Å². The molecule has 2 aliphatic rings. The van der Waals surface area contributed by atoms with Crippen LogP contribution >= 0.6 is 0 Å². The number of rotatable bonds is 4. The average Bonchev–Trinajstić information content (AvgIpc) is 2.99. The maximum atomic E-state index is 9.23. The Bertz CT molecular complexity index is 519. The highest BCUT2D eigenvalue weighted by atomic mass is 16.8. The zero-order valence-corrected chi connectivity index (χ0v) is 12.8. The van der Waals surface area contributed by atoms with Crippen LogP contribution in [-0.4, -0.2) is 54.7 Å². The molecule has 0 aromatic carbocycles. The summed E-state index contributed by atoms with van der Waals surface area (Å²) in [6.07, 6.45) is 1.61. The minimum atomic E-state index is -0.865. The molecular weight excluding hydrogens is 290 g/mol. The van der Waals surface area contributed by atoms with Crippen molar-refractivity contribution >= 4 is 0 Å². The summed E-state index contributed by atoms with van der Waals surface area (Å²) in [6.45, 7) is 5.50. The third kappa shape index (κ3) is 3.09. The third-order valence-corrected chi connectivity index (χ3v) is 3.91. The molecule has 3 heterocycles. The second-order valence-corrected chi connectivity index (χ2v) is 5.65. The highest BCUT2D eigenvalue weighted by molar-refractivity contribution is 5.34. The Labute approximate surface area is 129 Å². The monoisotopic (exact) mass is 311 g/mol. The minimum absolute atomic E-state index is 0.121. The molecule has 22 heavy (non-hydrogen) atoms. The molecule has 1 spiro atoms. The molecule has 7 heteroatoms. The maximum absolute atomic E-state index is 9.23. The van der Waals surface area contributed by atoms with Gasteiger partial charge >= 0.3 is 0 Å². The summed E-state index contributed by atoms with van der Waals surface area (Å²) in [5.74, 6) is -0.979. The van der Waals surface area contributed by atoms with Crippen LogP contribution in [0.5, 0.6) is 5.75 Å². The van der Waals surface area contributed by atoms with Crippen molar-refractivity contribution in [3.05, 3.63) is 23.5 Å². The van der Waals surface area contributed by atoms with E-state index in [1.165, 1.54) is 0 Å². The Morgan fingerprint density at radius 3 is 2.55 bits per heavy atom. The van der Waals surface area contributed by atoms with Gasteiger partial charge in [-0.15, -0.1) is 0 Å². The Morgan fingerprint density at radius 2 is 1.91 bits per heavy atom. The first kappa shape index (κ1) is 15.6. The second kappa shape index (κ2) is 6.10. The SMILES string of the molecule is Cc1c(OCC2(C)OCC3(CO2)OCCO3)ccnc1CO. The number of hydrogen-bond acceptors (Lipinski definition) is 7. The zero-order chi connectivity index (χ0) is 15.6. The summed E-state index contributed by atoms with van der Waals surface area (Å²) in [6, 6.07) is 1.76. The molecule has 0 unspecified atom stereocenters. The van der Waals surface area contributed by atoms with Crippen molar-refractivity contribution in [1.82, 2.24) is 4.98 Å². The van der Waals surface area contributed by atoms with E-state index in [1.807, 2.05) is 13.8 Å². The van der Waals surface area contributed by atoms with Crippen LogP contribution < -0.4 is 4.74 Å². The Morgan fingerprint density at radius 1 is 1.23 bits per heavy atom. The van der Waals surface area contributed by atoms with Crippen LogP contribution in [0.4, 0.5) is 0 Å². The highest BCUT2D eigenvalue weighted by Gasteiger charge is 2.46. The van der Waals surface area contributed by atoms with Gasteiger partial charge in [0.1, 0.15) is 25.6 Å². The van der Waals surface area contributed by atoms with E-state index in [4.69, 9.17) is 23.7 Å². The molecule has 2 aliphatic heterocycles. The van der Waals surface area contributed by atoms with Gasteiger partial charge in [0.05, 0.1) is 25.5 Å². The van der Waals surface area contributed by atoms with Gasteiger partial charge in [0.2, 0.25) is 5.79 Å². The van der Waals surface area contributed by atoms with Crippen LogP contribution in [0.25, 0.3) is 0 Å². The second-order valence-electron chi connectivity index (χ2n) is 5.65. The van der Waals surface area contributed by atoms with E-state index < -0.39 is 11.6 Å². The predicted octanol–water partition coefficient (Wildman–Crippen LogP) is 0.767. The first-order valence-corrected chi connectivity index (χ1v) is 7.30. The molecular formula is C15H21NO6. The number of aliphatic hydroxyl groups excluding tert-OH is 1. The maximum Gasteiger partial charge on any atom is 0.216 e. The lowest BCUT2D eigenvalue weighted by molar-refractivity contribution is -0.360. The Hall–Kier alpha value is -1.25. The first-order valence-electron chi connectivity index (χ1n) is 7.30. The summed E-state index contributed by atoms with van der Waals surface area (Å²) >= 11 is 0. The molecule has 7 nitrogen and oxygen atoms in total. The van der Waals surface area contributed by atoms with Crippen molar-refractivity contribution in [2.75, 3.05) is 33.0 Å². The number of aliphatic hydroxyl groups is 1. The van der Waals surface area contributed by atoms with Crippen molar-refractivity contribution in [3.63, 3.8) is 0 Å². The molecule has 1 N–H and O–H groups in total. The van der Waals surface area contributed by atoms with Crippen molar-refractivity contribution in [2.45, 2.75) is 32.0 Å². The lowest BCUT2D eigenvalue weighted by Crippen LogP contribution is -2.55. The molecule has 0 aliphatic carbocycles. The van der Waals surface area contributed by atoms with Crippen LogP contribution in [-0.2, 0) is 25.6 Å². The molecule has 3 rings (SSSR count). The zero-order valence-electron chi connectivity index (χ0n) is 12.8. The Balaban J connectivity index is 1.60. The smallest absolute Gasteiger partial charge is 0.216 e. The van der Waals surface area contributed by atoms with Crippen molar-refractivity contribution in [3.8, 4) is 5.75 Å². The molecule has 2 fully saturated rings. The largest absolute Gasteiger partial charge is 0.488 e. The van der Waals surface area contributed by atoms with E-state index in [0.29, 0.717) is 37.9 Å². The summed E-state index contributed by atoms with van der Waals surface area (Å²) in [7, 11) is 0. The molecule has 0 radical (unpaired) electrons. The Kier molecular flexibility index (Phi) is 4.33. The van der Waals surface area contributed by atoms with E-state index in [9.17, 15) is 5.11 Å². The van der Waals surface area contributed by atoms with Gasteiger partial charge in [0, 0.05) is 11.8 Å². The van der Waals surface area contributed by atoms with Gasteiger partial charge in [0.15, 0.2) is 5.79 Å². The number of pyridine rings is 1. The quantitative estimate of drug-likeness (QED) is 0.879. The van der Waals surface area contributed by atoms with Crippen LogP contribution in [0, 0.1) is 6.92 Å². The molecule has 0 bridgehead atoms. The van der Waals surface area contributed by atoms with Crippen molar-refractivity contribution in [1.29, 1.82) is 0 Å². The van der Waals surface area contributed by atoms with Gasteiger partial charge in [-0.2, -0.15) is 0 Å². The number of ether oxygens (including phenoxy) is 5. The fraction of sp³-hybridized carbons (Fsp3) is 0.667. The normalized spacial score (nSPS) is 22.9. The fourth-order valence-corrected chi connectivity index (χ4v) is 2.44. The van der Waals surface area contributed by atoms with Crippen LogP contribution in [0.15, 0.2) is 12.3 Å². The summed E-state index contributed by atoms with van der Waals surface area (Å²) in [5.41, 5.74) is 1.41. The lowest BCUT2D eigenvalue weighted by Gasteiger charge is -2.41. The minimum Gasteiger partial charge on any atom is -0.488 e. The molecule has 0 amide bonds. The molecule has 1 aromatic heterocycles. The van der Waals surface area contributed by atoms with Gasteiger partial charge in [-0.05, 0) is 19.9 Å². The van der Waals surface area contributed by atoms with Gasteiger partial charge in [0.25, 0.3) is 0 Å². The lowest BCUT2D eigenvalue weighted by atomic mass is 10.2. The molecule has 2 saturated heterocycles. The van der Waals surface area contributed by atoms with Gasteiger partial charge in [-0.25, -0.2) is 0 Å².